The van der Waals surface area contributed by atoms with Gasteiger partial charge in [-0.15, -0.1) is 11.6 Å². The van der Waals surface area contributed by atoms with E-state index in [0.717, 1.165) is 17.3 Å². The molecule has 3 N–H and O–H groups in total. The highest BCUT2D eigenvalue weighted by Crippen LogP contribution is 2.37. The monoisotopic (exact) mass is 569 g/mol. The number of carbonyl (C=O) groups is 1. The van der Waals surface area contributed by atoms with Gasteiger partial charge in [0.1, 0.15) is 22.6 Å². The van der Waals surface area contributed by atoms with E-state index >= 15 is 0 Å². The second-order valence-electron chi connectivity index (χ2n) is 9.03. The Morgan fingerprint density at radius 3 is 2.58 bits per heavy atom. The fraction of sp³-hybridized carbons (Fsp3) is 0.185. The van der Waals surface area contributed by atoms with Gasteiger partial charge in [-0.05, 0) is 50.2 Å². The summed E-state index contributed by atoms with van der Waals surface area (Å²) >= 11 is 5.74. The molecule has 5 rings (SSSR count). The highest BCUT2D eigenvalue weighted by atomic mass is 35.5. The Kier molecular flexibility index (Phi) is 7.11. The number of aromatic amines is 1. The number of halogens is 4. The molecule has 0 bridgehead atoms. The van der Waals surface area contributed by atoms with E-state index in [9.17, 15) is 18.0 Å². The second-order valence-corrected chi connectivity index (χ2v) is 9.68. The van der Waals surface area contributed by atoms with Crippen LogP contribution in [0, 0.1) is 6.92 Å². The maximum Gasteiger partial charge on any atom is 0.418 e. The van der Waals surface area contributed by atoms with Crippen molar-refractivity contribution < 1.29 is 22.7 Å². The molecule has 1 atom stereocenters. The average Bonchev–Trinajstić information content (AvgIpc) is 3.46. The Morgan fingerprint density at radius 2 is 1.88 bits per heavy atom. The maximum absolute atomic E-state index is 13.5. The Labute approximate surface area is 231 Å². The predicted octanol–water partition coefficient (Wildman–Crippen LogP) is 6.79. The number of rotatable bonds is 7. The van der Waals surface area contributed by atoms with Crippen molar-refractivity contribution in [2.24, 2.45) is 7.05 Å². The largest absolute Gasteiger partial charge is 0.457 e. The molecule has 40 heavy (non-hydrogen) atoms. The summed E-state index contributed by atoms with van der Waals surface area (Å²) in [6.45, 7) is 3.27. The van der Waals surface area contributed by atoms with Gasteiger partial charge in [0.15, 0.2) is 5.82 Å². The molecule has 3 aromatic heterocycles. The number of benzene rings is 2. The molecule has 0 spiro atoms. The van der Waals surface area contributed by atoms with Crippen LogP contribution in [0.25, 0.3) is 22.6 Å². The summed E-state index contributed by atoms with van der Waals surface area (Å²) in [5, 5.41) is 4.25. The van der Waals surface area contributed by atoms with Crippen molar-refractivity contribution in [1.82, 2.24) is 24.5 Å². The van der Waals surface area contributed by atoms with Crippen molar-refractivity contribution in [3.05, 3.63) is 72.2 Å². The summed E-state index contributed by atoms with van der Waals surface area (Å²) in [7, 11) is 1.76. The molecule has 206 valence electrons. The van der Waals surface area contributed by atoms with E-state index in [1.54, 1.807) is 48.3 Å². The topological polar surface area (TPSA) is 110 Å². The summed E-state index contributed by atoms with van der Waals surface area (Å²) < 4.78 is 48.4. The third kappa shape index (κ3) is 5.71. The van der Waals surface area contributed by atoms with Crippen LogP contribution in [-0.4, -0.2) is 35.8 Å². The van der Waals surface area contributed by atoms with E-state index < -0.39 is 28.7 Å². The standard InChI is InChI=1S/C27H23ClF3N7O2/c1-14-13-33-24(34-14)22-12-18(8-9-32-22)40-17-5-7-23-21(11-17)37-26(38(23)3)35-16-4-6-19(27(29,30)31)20(10-16)36-25(39)15(2)28/h4-13,15H,1-3H3,(H,33,34)(H,35,37)(H,36,39). The average molecular weight is 570 g/mol. The minimum Gasteiger partial charge on any atom is -0.457 e. The van der Waals surface area contributed by atoms with Crippen molar-refractivity contribution >= 4 is 45.9 Å². The number of aryl methyl sites for hydroxylation is 2. The van der Waals surface area contributed by atoms with E-state index in [1.165, 1.54) is 19.1 Å². The smallest absolute Gasteiger partial charge is 0.418 e. The lowest BCUT2D eigenvalue weighted by molar-refractivity contribution is -0.137. The van der Waals surface area contributed by atoms with Crippen molar-refractivity contribution in [2.75, 3.05) is 10.6 Å². The van der Waals surface area contributed by atoms with Crippen molar-refractivity contribution in [1.29, 1.82) is 0 Å². The zero-order valence-corrected chi connectivity index (χ0v) is 22.2. The number of fused-ring (bicyclic) bond motifs is 1. The lowest BCUT2D eigenvalue weighted by atomic mass is 10.1. The summed E-state index contributed by atoms with van der Waals surface area (Å²) in [5.41, 5.74) is 1.78. The lowest BCUT2D eigenvalue weighted by Crippen LogP contribution is -2.22. The molecule has 0 fully saturated rings. The van der Waals surface area contributed by atoms with Crippen LogP contribution in [0.2, 0.25) is 0 Å². The maximum atomic E-state index is 13.5. The number of alkyl halides is 4. The number of aromatic nitrogens is 5. The third-order valence-corrected chi connectivity index (χ3v) is 6.16. The molecule has 0 radical (unpaired) electrons. The van der Waals surface area contributed by atoms with Crippen molar-refractivity contribution in [3.63, 3.8) is 0 Å². The number of H-pyrrole nitrogens is 1. The third-order valence-electron chi connectivity index (χ3n) is 5.97. The summed E-state index contributed by atoms with van der Waals surface area (Å²) in [6, 6.07) is 12.2. The number of anilines is 3. The molecule has 2 aromatic carbocycles. The number of nitrogens with zero attached hydrogens (tertiary/aromatic N) is 4. The van der Waals surface area contributed by atoms with Crippen LogP contribution in [0.3, 0.4) is 0 Å². The highest BCUT2D eigenvalue weighted by molar-refractivity contribution is 6.32. The molecular weight excluding hydrogens is 547 g/mol. The van der Waals surface area contributed by atoms with E-state index in [2.05, 4.69) is 30.6 Å². The Morgan fingerprint density at radius 1 is 1.10 bits per heavy atom. The first-order valence-corrected chi connectivity index (χ1v) is 12.5. The fourth-order valence-corrected chi connectivity index (χ4v) is 4.03. The molecule has 0 saturated heterocycles. The second kappa shape index (κ2) is 10.5. The first kappa shape index (κ1) is 27.0. The lowest BCUT2D eigenvalue weighted by Gasteiger charge is -2.16. The number of hydrogen-bond donors (Lipinski definition) is 3. The number of hydrogen-bond acceptors (Lipinski definition) is 6. The highest BCUT2D eigenvalue weighted by Gasteiger charge is 2.34. The van der Waals surface area contributed by atoms with Gasteiger partial charge in [-0.2, -0.15) is 13.2 Å². The van der Waals surface area contributed by atoms with Gasteiger partial charge in [0, 0.05) is 43.0 Å². The van der Waals surface area contributed by atoms with E-state index in [4.69, 9.17) is 16.3 Å². The SMILES string of the molecule is Cc1cnc(-c2cc(Oc3ccc4c(c3)nc(Nc3ccc(C(F)(F)F)c(NC(=O)C(C)Cl)c3)n4C)ccn2)[nH]1. The normalized spacial score (nSPS) is 12.4. The van der Waals surface area contributed by atoms with Crippen LogP contribution in [0.15, 0.2) is 60.9 Å². The first-order valence-electron chi connectivity index (χ1n) is 12.0. The van der Waals surface area contributed by atoms with E-state index in [-0.39, 0.29) is 5.69 Å². The minimum atomic E-state index is -4.67. The minimum absolute atomic E-state index is 0.290. The Hall–Kier alpha value is -4.58. The van der Waals surface area contributed by atoms with Gasteiger partial charge in [-0.25, -0.2) is 9.97 Å². The number of ether oxygens (including phenoxy) is 1. The van der Waals surface area contributed by atoms with Gasteiger partial charge in [0.05, 0.1) is 22.3 Å². The number of pyridine rings is 1. The van der Waals surface area contributed by atoms with Gasteiger partial charge in [0.2, 0.25) is 11.9 Å². The predicted molar refractivity (Wildman–Crippen MR) is 146 cm³/mol. The van der Waals surface area contributed by atoms with Crippen LogP contribution < -0.4 is 15.4 Å². The molecule has 1 amide bonds. The summed E-state index contributed by atoms with van der Waals surface area (Å²) in [4.78, 5) is 28.4. The molecule has 5 aromatic rings. The van der Waals surface area contributed by atoms with Crippen LogP contribution >= 0.6 is 11.6 Å². The number of amides is 1. The van der Waals surface area contributed by atoms with Crippen LogP contribution in [-0.2, 0) is 18.0 Å². The molecule has 0 saturated carbocycles. The molecule has 0 aliphatic heterocycles. The summed E-state index contributed by atoms with van der Waals surface area (Å²) in [6.07, 6.45) is -1.33. The summed E-state index contributed by atoms with van der Waals surface area (Å²) in [5.74, 6) is 1.33. The van der Waals surface area contributed by atoms with Gasteiger partial charge < -0.3 is 24.9 Å². The molecule has 13 heteroatoms. The van der Waals surface area contributed by atoms with Gasteiger partial charge in [-0.1, -0.05) is 0 Å². The first-order chi connectivity index (χ1) is 19.0. The molecule has 3 heterocycles. The van der Waals surface area contributed by atoms with Crippen molar-refractivity contribution in [3.8, 4) is 23.0 Å². The van der Waals surface area contributed by atoms with Crippen LogP contribution in [0.4, 0.5) is 30.5 Å². The van der Waals surface area contributed by atoms with Crippen LogP contribution in [0.5, 0.6) is 11.5 Å². The van der Waals surface area contributed by atoms with Gasteiger partial charge in [-0.3, -0.25) is 9.78 Å². The van der Waals surface area contributed by atoms with Gasteiger partial charge in [0.25, 0.3) is 0 Å². The van der Waals surface area contributed by atoms with Crippen molar-refractivity contribution in [2.45, 2.75) is 25.4 Å². The quantitative estimate of drug-likeness (QED) is 0.186. The van der Waals surface area contributed by atoms with E-state index in [1.807, 2.05) is 13.0 Å². The zero-order valence-electron chi connectivity index (χ0n) is 21.5. The zero-order chi connectivity index (χ0) is 28.6. The number of nitrogens with one attached hydrogen (secondary N) is 3. The molecular formula is C27H23ClF3N7O2. The Bertz CT molecular complexity index is 1710. The number of carbonyl (C=O) groups excluding carboxylic acids is 1. The molecule has 0 aliphatic carbocycles. The number of imidazole rings is 2. The fourth-order valence-electron chi connectivity index (χ4n) is 3.97. The Balaban J connectivity index is 1.40. The van der Waals surface area contributed by atoms with Gasteiger partial charge >= 0.3 is 6.18 Å². The van der Waals surface area contributed by atoms with E-state index in [0.29, 0.717) is 34.5 Å². The molecule has 1 unspecified atom stereocenters. The van der Waals surface area contributed by atoms with Crippen LogP contribution in [0.1, 0.15) is 18.2 Å². The molecule has 9 nitrogen and oxygen atoms in total. The molecule has 0 aliphatic rings.